The molecule has 0 aliphatic carbocycles. The zero-order valence-electron chi connectivity index (χ0n) is 15.1. The Bertz CT molecular complexity index is 1120. The van der Waals surface area contributed by atoms with Gasteiger partial charge in [-0.25, -0.2) is 14.4 Å². The normalized spacial score (nSPS) is 11.1. The van der Waals surface area contributed by atoms with Gasteiger partial charge in [0.25, 0.3) is 0 Å². The summed E-state index contributed by atoms with van der Waals surface area (Å²) >= 11 is 2.82. The molecule has 5 nitrogen and oxygen atoms in total. The third kappa shape index (κ3) is 4.40. The lowest BCUT2D eigenvalue weighted by Gasteiger charge is -2.07. The molecule has 0 radical (unpaired) electrons. The molecule has 0 atom stereocenters. The van der Waals surface area contributed by atoms with Gasteiger partial charge < -0.3 is 9.88 Å². The molecule has 0 aliphatic rings. The number of benzene rings is 2. The highest BCUT2D eigenvalue weighted by Crippen LogP contribution is 2.27. The van der Waals surface area contributed by atoms with Crippen LogP contribution in [0.25, 0.3) is 10.2 Å². The number of imidazole rings is 1. The summed E-state index contributed by atoms with van der Waals surface area (Å²) in [5.41, 5.74) is 3.02. The Labute approximate surface area is 169 Å². The third-order valence-corrected chi connectivity index (χ3v) is 6.00. The molecule has 0 aliphatic heterocycles. The number of thiazole rings is 1. The summed E-state index contributed by atoms with van der Waals surface area (Å²) in [6.45, 7) is 2.60. The minimum atomic E-state index is -0.259. The van der Waals surface area contributed by atoms with Crippen molar-refractivity contribution in [3.63, 3.8) is 0 Å². The average Bonchev–Trinajstić information content (AvgIpc) is 3.27. The quantitative estimate of drug-likeness (QED) is 0.466. The van der Waals surface area contributed by atoms with Crippen LogP contribution in [-0.4, -0.2) is 26.2 Å². The fraction of sp³-hybridized carbons (Fsp3) is 0.150. The Morgan fingerprint density at radius 1 is 1.25 bits per heavy atom. The molecular formula is C20H17FN4OS2. The lowest BCUT2D eigenvalue weighted by atomic mass is 10.2. The van der Waals surface area contributed by atoms with E-state index in [2.05, 4.69) is 21.4 Å². The molecule has 0 saturated carbocycles. The molecule has 0 saturated heterocycles. The summed E-state index contributed by atoms with van der Waals surface area (Å²) in [5.74, 6) is -0.155. The van der Waals surface area contributed by atoms with E-state index in [1.165, 1.54) is 35.2 Å². The highest BCUT2D eigenvalue weighted by Gasteiger charge is 2.11. The Morgan fingerprint density at radius 2 is 2.07 bits per heavy atom. The van der Waals surface area contributed by atoms with Crippen LogP contribution in [-0.2, 0) is 11.3 Å². The first-order chi connectivity index (χ1) is 13.6. The number of carbonyl (C=O) groups is 1. The third-order valence-electron chi connectivity index (χ3n) is 4.07. The number of anilines is 1. The van der Waals surface area contributed by atoms with Gasteiger partial charge in [-0.2, -0.15) is 0 Å². The number of amides is 1. The summed E-state index contributed by atoms with van der Waals surface area (Å²) in [7, 11) is 0. The standard InChI is InChI=1S/C20H17FN4OS2/c1-13-2-7-16-17(10-13)28-19(23-16)24-18(26)12-27-20-22-8-9-25(20)11-14-3-5-15(21)6-4-14/h2-10H,11-12H2,1H3,(H,23,24,26). The molecule has 1 amide bonds. The monoisotopic (exact) mass is 412 g/mol. The highest BCUT2D eigenvalue weighted by atomic mass is 32.2. The second kappa shape index (κ2) is 8.12. The molecule has 4 rings (SSSR count). The van der Waals surface area contributed by atoms with E-state index in [9.17, 15) is 9.18 Å². The van der Waals surface area contributed by atoms with Crippen LogP contribution in [0.5, 0.6) is 0 Å². The minimum Gasteiger partial charge on any atom is -0.322 e. The fourth-order valence-corrected chi connectivity index (χ4v) is 4.45. The van der Waals surface area contributed by atoms with Crippen LogP contribution in [0.4, 0.5) is 9.52 Å². The first kappa shape index (κ1) is 18.6. The topological polar surface area (TPSA) is 59.8 Å². The number of halogens is 1. The highest BCUT2D eigenvalue weighted by molar-refractivity contribution is 7.99. The molecule has 0 spiro atoms. The van der Waals surface area contributed by atoms with E-state index in [1.54, 1.807) is 18.3 Å². The Hall–Kier alpha value is -2.71. The summed E-state index contributed by atoms with van der Waals surface area (Å²) in [6.07, 6.45) is 3.54. The van der Waals surface area contributed by atoms with E-state index in [1.807, 2.05) is 29.8 Å². The molecule has 2 aromatic carbocycles. The molecule has 0 fully saturated rings. The Balaban J connectivity index is 1.37. The number of hydrogen-bond donors (Lipinski definition) is 1. The maximum Gasteiger partial charge on any atom is 0.236 e. The van der Waals surface area contributed by atoms with E-state index < -0.39 is 0 Å². The van der Waals surface area contributed by atoms with Crippen molar-refractivity contribution >= 4 is 44.4 Å². The summed E-state index contributed by atoms with van der Waals surface area (Å²) in [5, 5.41) is 4.19. The van der Waals surface area contributed by atoms with Crippen molar-refractivity contribution in [3.8, 4) is 0 Å². The number of carbonyl (C=O) groups excluding carboxylic acids is 1. The van der Waals surface area contributed by atoms with Gasteiger partial charge in [-0.15, -0.1) is 0 Å². The van der Waals surface area contributed by atoms with Gasteiger partial charge in [-0.1, -0.05) is 41.3 Å². The van der Waals surface area contributed by atoms with Gasteiger partial charge in [0.1, 0.15) is 5.82 Å². The van der Waals surface area contributed by atoms with Crippen LogP contribution < -0.4 is 5.32 Å². The van der Waals surface area contributed by atoms with Crippen LogP contribution in [0.1, 0.15) is 11.1 Å². The molecule has 142 valence electrons. The molecule has 8 heteroatoms. The van der Waals surface area contributed by atoms with E-state index in [4.69, 9.17) is 0 Å². The van der Waals surface area contributed by atoms with E-state index in [0.717, 1.165) is 26.5 Å². The first-order valence-corrected chi connectivity index (χ1v) is 10.4. The lowest BCUT2D eigenvalue weighted by Crippen LogP contribution is -2.14. The van der Waals surface area contributed by atoms with Crippen molar-refractivity contribution in [1.82, 2.24) is 14.5 Å². The Kier molecular flexibility index (Phi) is 5.40. The predicted octanol–water partition coefficient (Wildman–Crippen LogP) is 4.72. The average molecular weight is 413 g/mol. The summed E-state index contributed by atoms with van der Waals surface area (Å²) in [4.78, 5) is 21.1. The number of nitrogens with one attached hydrogen (secondary N) is 1. The van der Waals surface area contributed by atoms with Crippen molar-refractivity contribution in [2.75, 3.05) is 11.1 Å². The van der Waals surface area contributed by atoms with Gasteiger partial charge >= 0.3 is 0 Å². The largest absolute Gasteiger partial charge is 0.322 e. The van der Waals surface area contributed by atoms with E-state index >= 15 is 0 Å². The molecule has 2 heterocycles. The second-order valence-electron chi connectivity index (χ2n) is 6.29. The number of rotatable bonds is 6. The maximum absolute atomic E-state index is 13.0. The minimum absolute atomic E-state index is 0.128. The van der Waals surface area contributed by atoms with Crippen molar-refractivity contribution in [1.29, 1.82) is 0 Å². The lowest BCUT2D eigenvalue weighted by molar-refractivity contribution is -0.113. The number of nitrogens with zero attached hydrogens (tertiary/aromatic N) is 3. The number of thioether (sulfide) groups is 1. The van der Waals surface area contributed by atoms with Crippen molar-refractivity contribution in [3.05, 3.63) is 71.8 Å². The number of aromatic nitrogens is 3. The van der Waals surface area contributed by atoms with Gasteiger partial charge in [-0.3, -0.25) is 4.79 Å². The van der Waals surface area contributed by atoms with Crippen molar-refractivity contribution in [2.24, 2.45) is 0 Å². The van der Waals surface area contributed by atoms with Gasteiger partial charge in [0.2, 0.25) is 5.91 Å². The molecule has 2 aromatic heterocycles. The zero-order chi connectivity index (χ0) is 19.5. The molecule has 0 unspecified atom stereocenters. The second-order valence-corrected chi connectivity index (χ2v) is 8.26. The first-order valence-electron chi connectivity index (χ1n) is 8.62. The summed E-state index contributed by atoms with van der Waals surface area (Å²) < 4.78 is 16.0. The molecule has 0 bridgehead atoms. The molecular weight excluding hydrogens is 395 g/mol. The number of aryl methyl sites for hydroxylation is 1. The van der Waals surface area contributed by atoms with Crippen molar-refractivity contribution < 1.29 is 9.18 Å². The number of fused-ring (bicyclic) bond motifs is 1. The zero-order valence-corrected chi connectivity index (χ0v) is 16.7. The van der Waals surface area contributed by atoms with E-state index in [0.29, 0.717) is 11.7 Å². The SMILES string of the molecule is Cc1ccc2nc(NC(=O)CSc3nccn3Cc3ccc(F)cc3)sc2c1. The van der Waals surface area contributed by atoms with Gasteiger partial charge in [0.05, 0.1) is 16.0 Å². The predicted molar refractivity (Wildman–Crippen MR) is 111 cm³/mol. The number of hydrogen-bond acceptors (Lipinski definition) is 5. The van der Waals surface area contributed by atoms with Crippen LogP contribution in [0.2, 0.25) is 0 Å². The van der Waals surface area contributed by atoms with Crippen LogP contribution in [0.3, 0.4) is 0 Å². The van der Waals surface area contributed by atoms with Crippen LogP contribution in [0.15, 0.2) is 60.0 Å². The van der Waals surface area contributed by atoms with Gasteiger partial charge in [0.15, 0.2) is 10.3 Å². The van der Waals surface area contributed by atoms with Crippen molar-refractivity contribution in [2.45, 2.75) is 18.6 Å². The van der Waals surface area contributed by atoms with E-state index in [-0.39, 0.29) is 17.5 Å². The molecule has 1 N–H and O–H groups in total. The van der Waals surface area contributed by atoms with Gasteiger partial charge in [-0.05, 0) is 42.3 Å². The smallest absolute Gasteiger partial charge is 0.236 e. The van der Waals surface area contributed by atoms with Gasteiger partial charge in [0, 0.05) is 18.9 Å². The maximum atomic E-state index is 13.0. The fourth-order valence-electron chi connectivity index (χ4n) is 2.71. The van der Waals surface area contributed by atoms with Crippen LogP contribution in [0, 0.1) is 12.7 Å². The summed E-state index contributed by atoms with van der Waals surface area (Å²) in [6, 6.07) is 12.4. The molecule has 28 heavy (non-hydrogen) atoms. The Morgan fingerprint density at radius 3 is 2.89 bits per heavy atom. The molecule has 4 aromatic rings. The van der Waals surface area contributed by atoms with Crippen LogP contribution >= 0.6 is 23.1 Å².